The van der Waals surface area contributed by atoms with E-state index in [0.717, 1.165) is 64.3 Å². The van der Waals surface area contributed by atoms with E-state index in [2.05, 4.69) is 20.4 Å². The molecule has 2 amide bonds. The summed E-state index contributed by atoms with van der Waals surface area (Å²) in [4.78, 5) is 29.6. The van der Waals surface area contributed by atoms with Crippen LogP contribution in [0.4, 0.5) is 16.2 Å². The van der Waals surface area contributed by atoms with Crippen LogP contribution < -0.4 is 15.5 Å². The molecule has 0 radical (unpaired) electrons. The molecule has 0 spiro atoms. The second kappa shape index (κ2) is 10.3. The average Bonchev–Trinajstić information content (AvgIpc) is 3.57. The largest absolute Gasteiger partial charge is 0.465 e. The molecule has 8 nitrogen and oxygen atoms in total. The molecule has 170 valence electrons. The van der Waals surface area contributed by atoms with Crippen molar-refractivity contribution in [3.8, 4) is 0 Å². The van der Waals surface area contributed by atoms with Gasteiger partial charge < -0.3 is 25.0 Å². The summed E-state index contributed by atoms with van der Waals surface area (Å²) < 4.78 is 10.5. The van der Waals surface area contributed by atoms with Crippen LogP contribution in [-0.4, -0.2) is 76.0 Å². The molecule has 3 heterocycles. The molecule has 2 unspecified atom stereocenters. The van der Waals surface area contributed by atoms with E-state index in [1.54, 1.807) is 12.1 Å². The predicted molar refractivity (Wildman–Crippen MR) is 120 cm³/mol. The third-order valence-corrected chi connectivity index (χ3v) is 6.70. The topological polar surface area (TPSA) is 83.1 Å². The van der Waals surface area contributed by atoms with Gasteiger partial charge in [-0.1, -0.05) is 0 Å². The van der Waals surface area contributed by atoms with Crippen LogP contribution in [0.1, 0.15) is 42.5 Å². The number of hydrogen-bond donors (Lipinski definition) is 2. The zero-order valence-electron chi connectivity index (χ0n) is 18.4. The Morgan fingerprint density at radius 2 is 1.90 bits per heavy atom. The Kier molecular flexibility index (Phi) is 7.29. The van der Waals surface area contributed by atoms with Crippen molar-refractivity contribution in [2.45, 2.75) is 38.1 Å². The maximum atomic E-state index is 12.9. The van der Waals surface area contributed by atoms with Crippen LogP contribution in [0.2, 0.25) is 0 Å². The van der Waals surface area contributed by atoms with E-state index in [0.29, 0.717) is 29.8 Å². The van der Waals surface area contributed by atoms with Crippen LogP contribution in [0.15, 0.2) is 18.2 Å². The molecule has 0 bridgehead atoms. The van der Waals surface area contributed by atoms with Gasteiger partial charge >= 0.3 is 12.0 Å². The average molecular weight is 431 g/mol. The number of carbonyl (C=O) groups is 2. The van der Waals surface area contributed by atoms with Gasteiger partial charge in [-0.05, 0) is 63.4 Å². The van der Waals surface area contributed by atoms with Gasteiger partial charge in [0.15, 0.2) is 0 Å². The molecule has 0 saturated carbocycles. The minimum Gasteiger partial charge on any atom is -0.465 e. The third-order valence-electron chi connectivity index (χ3n) is 6.70. The zero-order chi connectivity index (χ0) is 21.6. The van der Waals surface area contributed by atoms with Crippen LogP contribution in [0.3, 0.4) is 0 Å². The van der Waals surface area contributed by atoms with E-state index >= 15 is 0 Å². The molecule has 3 aliphatic heterocycles. The molecule has 8 heteroatoms. The first kappa shape index (κ1) is 21.9. The molecule has 1 aromatic carbocycles. The summed E-state index contributed by atoms with van der Waals surface area (Å²) in [5.41, 5.74) is 2.02. The first-order valence-corrected chi connectivity index (χ1v) is 11.5. The number of nitrogens with one attached hydrogen (secondary N) is 2. The van der Waals surface area contributed by atoms with E-state index < -0.39 is 5.97 Å². The van der Waals surface area contributed by atoms with Crippen molar-refractivity contribution in [2.24, 2.45) is 5.92 Å². The lowest BCUT2D eigenvalue weighted by molar-refractivity contribution is 0.0600. The summed E-state index contributed by atoms with van der Waals surface area (Å²) in [5, 5.41) is 6.08. The van der Waals surface area contributed by atoms with Crippen LogP contribution >= 0.6 is 0 Å². The molecule has 0 aliphatic carbocycles. The fourth-order valence-corrected chi connectivity index (χ4v) is 5.00. The lowest BCUT2D eigenvalue weighted by Crippen LogP contribution is -2.48. The minimum atomic E-state index is -0.410. The lowest BCUT2D eigenvalue weighted by Gasteiger charge is -2.32. The van der Waals surface area contributed by atoms with E-state index in [-0.39, 0.29) is 6.03 Å². The van der Waals surface area contributed by atoms with Gasteiger partial charge in [-0.3, -0.25) is 4.90 Å². The first-order chi connectivity index (χ1) is 15.2. The summed E-state index contributed by atoms with van der Waals surface area (Å²) in [6.45, 7) is 6.25. The second-order valence-corrected chi connectivity index (χ2v) is 8.69. The molecule has 3 fully saturated rings. The number of nitrogens with zero attached hydrogens (tertiary/aromatic N) is 2. The van der Waals surface area contributed by atoms with Crippen molar-refractivity contribution in [1.29, 1.82) is 0 Å². The number of rotatable bonds is 7. The van der Waals surface area contributed by atoms with Crippen molar-refractivity contribution in [3.05, 3.63) is 23.8 Å². The molecule has 2 N–H and O–H groups in total. The van der Waals surface area contributed by atoms with E-state index in [9.17, 15) is 9.59 Å². The van der Waals surface area contributed by atoms with Gasteiger partial charge in [0.05, 0.1) is 30.7 Å². The number of methoxy groups -OCH3 is 1. The Bertz CT molecular complexity index is 753. The molecular weight excluding hydrogens is 396 g/mol. The van der Waals surface area contributed by atoms with Crippen LogP contribution in [0, 0.1) is 5.92 Å². The number of ether oxygens (including phenoxy) is 2. The smallest absolute Gasteiger partial charge is 0.337 e. The highest BCUT2D eigenvalue weighted by Gasteiger charge is 2.32. The van der Waals surface area contributed by atoms with Gasteiger partial charge in [0.2, 0.25) is 0 Å². The molecular formula is C23H34N4O4. The molecule has 3 saturated heterocycles. The predicted octanol–water partition coefficient (Wildman–Crippen LogP) is 2.70. The lowest BCUT2D eigenvalue weighted by atomic mass is 9.97. The molecule has 2 atom stereocenters. The molecule has 1 aromatic rings. The van der Waals surface area contributed by atoms with Crippen molar-refractivity contribution in [1.82, 2.24) is 10.2 Å². The normalized spacial score (nSPS) is 22.5. The number of esters is 1. The zero-order valence-corrected chi connectivity index (χ0v) is 18.4. The SMILES string of the molecule is COC(=O)c1ccc(N2CCCC2)c(NC(=O)NCC(C2CCOC2)N2CCCC2)c1. The summed E-state index contributed by atoms with van der Waals surface area (Å²) in [5.74, 6) is 0.0491. The number of carbonyl (C=O) groups excluding carboxylic acids is 2. The highest BCUT2D eigenvalue weighted by molar-refractivity contribution is 5.97. The van der Waals surface area contributed by atoms with Crippen LogP contribution in [0.5, 0.6) is 0 Å². The molecule has 3 aliphatic rings. The fourth-order valence-electron chi connectivity index (χ4n) is 5.00. The summed E-state index contributed by atoms with van der Waals surface area (Å²) >= 11 is 0. The molecule has 31 heavy (non-hydrogen) atoms. The maximum absolute atomic E-state index is 12.9. The van der Waals surface area contributed by atoms with E-state index in [1.807, 2.05) is 6.07 Å². The Morgan fingerprint density at radius 3 is 2.58 bits per heavy atom. The van der Waals surface area contributed by atoms with E-state index in [1.165, 1.54) is 20.0 Å². The fraction of sp³-hybridized carbons (Fsp3) is 0.652. The van der Waals surface area contributed by atoms with Crippen molar-refractivity contribution < 1.29 is 19.1 Å². The van der Waals surface area contributed by atoms with Crippen LogP contribution in [0.25, 0.3) is 0 Å². The Labute approximate surface area is 184 Å². The number of likely N-dealkylation sites (tertiary alicyclic amines) is 1. The van der Waals surface area contributed by atoms with Gasteiger partial charge in [0, 0.05) is 38.2 Å². The van der Waals surface area contributed by atoms with E-state index in [4.69, 9.17) is 9.47 Å². The Balaban J connectivity index is 1.44. The minimum absolute atomic E-state index is 0.245. The molecule has 4 rings (SSSR count). The van der Waals surface area contributed by atoms with Crippen molar-refractivity contribution in [2.75, 3.05) is 63.3 Å². The first-order valence-electron chi connectivity index (χ1n) is 11.5. The highest BCUT2D eigenvalue weighted by Crippen LogP contribution is 2.30. The Hall–Kier alpha value is -2.32. The summed E-state index contributed by atoms with van der Waals surface area (Å²) in [6.07, 6.45) is 5.74. The standard InChI is InChI=1S/C23H34N4O4/c1-30-22(28)17-6-7-20(26-9-2-3-10-26)19(14-17)25-23(29)24-15-21(18-8-13-31-16-18)27-11-4-5-12-27/h6-7,14,18,21H,2-5,8-13,15-16H2,1H3,(H2,24,25,29). The van der Waals surface area contributed by atoms with Gasteiger partial charge in [0.1, 0.15) is 0 Å². The highest BCUT2D eigenvalue weighted by atomic mass is 16.5. The molecule has 0 aromatic heterocycles. The van der Waals surface area contributed by atoms with Crippen LogP contribution in [-0.2, 0) is 9.47 Å². The number of amides is 2. The summed E-state index contributed by atoms with van der Waals surface area (Å²) in [7, 11) is 1.36. The van der Waals surface area contributed by atoms with Gasteiger partial charge in [-0.15, -0.1) is 0 Å². The number of benzene rings is 1. The van der Waals surface area contributed by atoms with Gasteiger partial charge in [-0.2, -0.15) is 0 Å². The number of anilines is 2. The second-order valence-electron chi connectivity index (χ2n) is 8.69. The number of hydrogen-bond acceptors (Lipinski definition) is 6. The third kappa shape index (κ3) is 5.30. The number of urea groups is 1. The van der Waals surface area contributed by atoms with Crippen molar-refractivity contribution >= 4 is 23.4 Å². The summed E-state index contributed by atoms with van der Waals surface area (Å²) in [6, 6.07) is 5.42. The van der Waals surface area contributed by atoms with Gasteiger partial charge in [0.25, 0.3) is 0 Å². The van der Waals surface area contributed by atoms with Gasteiger partial charge in [-0.25, -0.2) is 9.59 Å². The maximum Gasteiger partial charge on any atom is 0.337 e. The Morgan fingerprint density at radius 1 is 1.16 bits per heavy atom. The van der Waals surface area contributed by atoms with Crippen molar-refractivity contribution in [3.63, 3.8) is 0 Å². The monoisotopic (exact) mass is 430 g/mol. The quantitative estimate of drug-likeness (QED) is 0.647.